The van der Waals surface area contributed by atoms with Crippen LogP contribution in [0, 0.1) is 5.82 Å². The first-order valence-corrected chi connectivity index (χ1v) is 11.2. The lowest BCUT2D eigenvalue weighted by Crippen LogP contribution is -2.44. The van der Waals surface area contributed by atoms with Crippen molar-refractivity contribution in [2.24, 2.45) is 4.99 Å². The number of hydrogen-bond donors (Lipinski definition) is 1. The number of carbonyl (C=O) groups is 2. The van der Waals surface area contributed by atoms with Gasteiger partial charge in [-0.05, 0) is 42.0 Å². The van der Waals surface area contributed by atoms with E-state index in [-0.39, 0.29) is 24.1 Å². The number of methoxy groups -OCH3 is 1. The van der Waals surface area contributed by atoms with Crippen molar-refractivity contribution in [2.75, 3.05) is 12.4 Å². The number of thioether (sulfide) groups is 1. The topological polar surface area (TPSA) is 71.0 Å². The Morgan fingerprint density at radius 3 is 2.61 bits per heavy atom. The third-order valence-corrected chi connectivity index (χ3v) is 6.19. The maximum absolute atomic E-state index is 13.3. The van der Waals surface area contributed by atoms with Gasteiger partial charge in [-0.25, -0.2) is 9.38 Å². The first-order valence-electron chi connectivity index (χ1n) is 10.3. The molecular weight excluding hydrogens is 441 g/mol. The van der Waals surface area contributed by atoms with Gasteiger partial charge in [0.1, 0.15) is 16.8 Å². The molecule has 33 heavy (non-hydrogen) atoms. The SMILES string of the molecule is COc1cccc(NC(=O)C2CC(=O)N(Cc3ccccc3)C(=Nc3ccc(F)cc3)S2)c1. The Morgan fingerprint density at radius 2 is 1.88 bits per heavy atom. The number of anilines is 1. The number of rotatable bonds is 6. The smallest absolute Gasteiger partial charge is 0.238 e. The molecule has 3 aromatic rings. The summed E-state index contributed by atoms with van der Waals surface area (Å²) in [5, 5.41) is 2.59. The second-order valence-corrected chi connectivity index (χ2v) is 8.54. The second-order valence-electron chi connectivity index (χ2n) is 7.37. The van der Waals surface area contributed by atoms with Crippen LogP contribution in [0.15, 0.2) is 83.9 Å². The summed E-state index contributed by atoms with van der Waals surface area (Å²) in [4.78, 5) is 32.2. The molecule has 1 heterocycles. The minimum absolute atomic E-state index is 0.0374. The van der Waals surface area contributed by atoms with Crippen molar-refractivity contribution in [1.82, 2.24) is 4.90 Å². The zero-order chi connectivity index (χ0) is 23.2. The highest BCUT2D eigenvalue weighted by Gasteiger charge is 2.36. The van der Waals surface area contributed by atoms with Crippen LogP contribution in [0.1, 0.15) is 12.0 Å². The van der Waals surface area contributed by atoms with Gasteiger partial charge in [0.25, 0.3) is 0 Å². The predicted molar refractivity (Wildman–Crippen MR) is 128 cm³/mol. The van der Waals surface area contributed by atoms with Crippen molar-refractivity contribution >= 4 is 40.1 Å². The number of nitrogens with one attached hydrogen (secondary N) is 1. The zero-order valence-corrected chi connectivity index (χ0v) is 18.7. The van der Waals surface area contributed by atoms with Gasteiger partial charge >= 0.3 is 0 Å². The molecule has 2 amide bonds. The third-order valence-electron chi connectivity index (χ3n) is 5.00. The summed E-state index contributed by atoms with van der Waals surface area (Å²) >= 11 is 1.22. The lowest BCUT2D eigenvalue weighted by Gasteiger charge is -2.32. The molecule has 1 N–H and O–H groups in total. The quantitative estimate of drug-likeness (QED) is 0.559. The van der Waals surface area contributed by atoms with Gasteiger partial charge in [-0.15, -0.1) is 0 Å². The van der Waals surface area contributed by atoms with Crippen molar-refractivity contribution in [2.45, 2.75) is 18.2 Å². The molecule has 1 saturated heterocycles. The van der Waals surface area contributed by atoms with Gasteiger partial charge in [0.15, 0.2) is 5.17 Å². The molecule has 0 spiro atoms. The van der Waals surface area contributed by atoms with E-state index in [9.17, 15) is 14.0 Å². The van der Waals surface area contributed by atoms with Gasteiger partial charge in [0, 0.05) is 18.2 Å². The first kappa shape index (κ1) is 22.5. The Hall–Kier alpha value is -3.65. The number of hydrogen-bond acceptors (Lipinski definition) is 5. The van der Waals surface area contributed by atoms with E-state index in [4.69, 9.17) is 4.74 Å². The van der Waals surface area contributed by atoms with Crippen LogP contribution in [0.5, 0.6) is 5.75 Å². The average molecular weight is 464 g/mol. The lowest BCUT2D eigenvalue weighted by molar-refractivity contribution is -0.129. The molecule has 1 aliphatic rings. The number of benzene rings is 3. The number of aliphatic imine (C=N–C) groups is 1. The van der Waals surface area contributed by atoms with Gasteiger partial charge in [0.05, 0.1) is 19.3 Å². The van der Waals surface area contributed by atoms with Crippen LogP contribution in [0.3, 0.4) is 0 Å². The van der Waals surface area contributed by atoms with Crippen molar-refractivity contribution in [3.8, 4) is 5.75 Å². The van der Waals surface area contributed by atoms with E-state index >= 15 is 0 Å². The van der Waals surface area contributed by atoms with Crippen LogP contribution in [0.2, 0.25) is 0 Å². The van der Waals surface area contributed by atoms with E-state index in [0.717, 1.165) is 5.56 Å². The summed E-state index contributed by atoms with van der Waals surface area (Å²) in [7, 11) is 1.55. The lowest BCUT2D eigenvalue weighted by atomic mass is 10.2. The van der Waals surface area contributed by atoms with Gasteiger partial charge in [-0.2, -0.15) is 0 Å². The van der Waals surface area contributed by atoms with Crippen LogP contribution in [-0.2, 0) is 16.1 Å². The van der Waals surface area contributed by atoms with Crippen molar-refractivity contribution < 1.29 is 18.7 Å². The molecule has 3 aromatic carbocycles. The fourth-order valence-corrected chi connectivity index (χ4v) is 4.41. The predicted octanol–water partition coefficient (Wildman–Crippen LogP) is 4.99. The molecule has 0 aromatic heterocycles. The van der Waals surface area contributed by atoms with Gasteiger partial charge < -0.3 is 10.1 Å². The molecule has 0 aliphatic carbocycles. The highest BCUT2D eigenvalue weighted by atomic mass is 32.2. The van der Waals surface area contributed by atoms with E-state index in [1.54, 1.807) is 36.3 Å². The van der Waals surface area contributed by atoms with Crippen LogP contribution >= 0.6 is 11.8 Å². The highest BCUT2D eigenvalue weighted by molar-refractivity contribution is 8.15. The summed E-state index contributed by atoms with van der Waals surface area (Å²) < 4.78 is 18.5. The third kappa shape index (κ3) is 5.78. The Labute approximate surface area is 195 Å². The molecule has 6 nitrogen and oxygen atoms in total. The average Bonchev–Trinajstić information content (AvgIpc) is 2.83. The molecule has 1 unspecified atom stereocenters. The van der Waals surface area contributed by atoms with Crippen LogP contribution in [-0.4, -0.2) is 34.2 Å². The van der Waals surface area contributed by atoms with E-state index in [1.165, 1.54) is 36.0 Å². The van der Waals surface area contributed by atoms with Gasteiger partial charge in [-0.1, -0.05) is 48.2 Å². The molecule has 0 saturated carbocycles. The number of nitrogens with zero attached hydrogens (tertiary/aromatic N) is 2. The van der Waals surface area contributed by atoms with Gasteiger partial charge in [0.2, 0.25) is 11.8 Å². The molecule has 0 bridgehead atoms. The second kappa shape index (κ2) is 10.3. The van der Waals surface area contributed by atoms with Crippen LogP contribution in [0.25, 0.3) is 0 Å². The van der Waals surface area contributed by atoms with Crippen molar-refractivity contribution in [3.63, 3.8) is 0 Å². The number of carbonyl (C=O) groups excluding carboxylic acids is 2. The van der Waals surface area contributed by atoms with Crippen molar-refractivity contribution in [1.29, 1.82) is 0 Å². The number of amides is 2. The van der Waals surface area contributed by atoms with Gasteiger partial charge in [-0.3, -0.25) is 14.5 Å². The normalized spacial score (nSPS) is 17.2. The number of amidine groups is 1. The van der Waals surface area contributed by atoms with Crippen molar-refractivity contribution in [3.05, 3.63) is 90.2 Å². The maximum Gasteiger partial charge on any atom is 0.238 e. The molecule has 168 valence electrons. The van der Waals surface area contributed by atoms with Crippen LogP contribution < -0.4 is 10.1 Å². The van der Waals surface area contributed by atoms with Crippen LogP contribution in [0.4, 0.5) is 15.8 Å². The molecule has 1 atom stereocenters. The monoisotopic (exact) mass is 463 g/mol. The maximum atomic E-state index is 13.3. The number of ether oxygens (including phenoxy) is 1. The molecule has 1 fully saturated rings. The van der Waals surface area contributed by atoms with E-state index in [0.29, 0.717) is 28.8 Å². The minimum Gasteiger partial charge on any atom is -0.497 e. The fourth-order valence-electron chi connectivity index (χ4n) is 3.31. The summed E-state index contributed by atoms with van der Waals surface area (Å²) in [5.74, 6) is -0.257. The molecule has 8 heteroatoms. The molecule has 0 radical (unpaired) electrons. The van der Waals surface area contributed by atoms with E-state index in [2.05, 4.69) is 10.3 Å². The summed E-state index contributed by atoms with van der Waals surface area (Å²) in [6.07, 6.45) is 0.0374. The summed E-state index contributed by atoms with van der Waals surface area (Å²) in [5.41, 5.74) is 2.02. The van der Waals surface area contributed by atoms with E-state index in [1.807, 2.05) is 30.3 Å². The summed E-state index contributed by atoms with van der Waals surface area (Å²) in [6.45, 7) is 0.330. The first-order chi connectivity index (χ1) is 16.0. The minimum atomic E-state index is -0.657. The van der Waals surface area contributed by atoms with E-state index < -0.39 is 5.25 Å². The largest absolute Gasteiger partial charge is 0.497 e. The Morgan fingerprint density at radius 1 is 1.12 bits per heavy atom. The Kier molecular flexibility index (Phi) is 7.04. The molecular formula is C25H22FN3O3S. The Bertz CT molecular complexity index is 1170. The summed E-state index contributed by atoms with van der Waals surface area (Å²) in [6, 6.07) is 22.3. The fraction of sp³-hybridized carbons (Fsp3) is 0.160. The number of halogens is 1. The highest BCUT2D eigenvalue weighted by Crippen LogP contribution is 2.31. The standard InChI is InChI=1S/C25H22FN3O3S/c1-32-21-9-5-8-20(14-21)27-24(31)22-15-23(30)29(16-17-6-3-2-4-7-17)25(33-22)28-19-12-10-18(26)11-13-19/h2-14,22H,15-16H2,1H3,(H,27,31). The Balaban J connectivity index is 1.58. The zero-order valence-electron chi connectivity index (χ0n) is 17.9. The molecule has 1 aliphatic heterocycles. The molecule has 4 rings (SSSR count).